The minimum Gasteiger partial charge on any atom is -0.377 e. The van der Waals surface area contributed by atoms with Crippen LogP contribution in [0.5, 0.6) is 0 Å². The number of hydrogen-bond donors (Lipinski definition) is 0. The summed E-state index contributed by atoms with van der Waals surface area (Å²) in [6.45, 7) is 5.84. The molecule has 35 heavy (non-hydrogen) atoms. The van der Waals surface area contributed by atoms with Crippen molar-refractivity contribution in [2.45, 2.75) is 38.7 Å². The lowest BCUT2D eigenvalue weighted by atomic mass is 9.94. The number of hydrogen-bond acceptors (Lipinski definition) is 5. The SMILES string of the molecule is COC(C)(C)CN1C(=O)c2cccc(N3CCCC(C(=O)N(C)CCc4ccccc4)C3)c2C1=O. The maximum atomic E-state index is 13.4. The number of amides is 3. The fraction of sp³-hybridized carbons (Fsp3) is 0.464. The van der Waals surface area contributed by atoms with Gasteiger partial charge in [0.25, 0.3) is 11.8 Å². The van der Waals surface area contributed by atoms with E-state index in [-0.39, 0.29) is 30.2 Å². The van der Waals surface area contributed by atoms with Crippen LogP contribution in [-0.2, 0) is 16.0 Å². The average Bonchev–Trinajstić information content (AvgIpc) is 3.12. The number of benzene rings is 2. The predicted molar refractivity (Wildman–Crippen MR) is 136 cm³/mol. The third kappa shape index (κ3) is 5.25. The van der Waals surface area contributed by atoms with E-state index < -0.39 is 5.60 Å². The van der Waals surface area contributed by atoms with Crippen LogP contribution in [0.25, 0.3) is 0 Å². The molecule has 1 atom stereocenters. The number of methoxy groups -OCH3 is 1. The quantitative estimate of drug-likeness (QED) is 0.543. The highest BCUT2D eigenvalue weighted by molar-refractivity contribution is 6.23. The van der Waals surface area contributed by atoms with Gasteiger partial charge in [-0.3, -0.25) is 19.3 Å². The van der Waals surface area contributed by atoms with Gasteiger partial charge in [-0.25, -0.2) is 0 Å². The van der Waals surface area contributed by atoms with Crippen molar-refractivity contribution in [3.8, 4) is 0 Å². The van der Waals surface area contributed by atoms with E-state index in [1.165, 1.54) is 10.5 Å². The fourth-order valence-corrected chi connectivity index (χ4v) is 4.93. The zero-order chi connectivity index (χ0) is 25.2. The van der Waals surface area contributed by atoms with Crippen LogP contribution in [-0.4, -0.2) is 73.5 Å². The molecule has 4 rings (SSSR count). The number of likely N-dealkylation sites (N-methyl/N-ethyl adjacent to an activating group) is 1. The van der Waals surface area contributed by atoms with Crippen LogP contribution < -0.4 is 4.90 Å². The van der Waals surface area contributed by atoms with Crippen molar-refractivity contribution < 1.29 is 19.1 Å². The molecule has 1 unspecified atom stereocenters. The highest BCUT2D eigenvalue weighted by Gasteiger charge is 2.41. The molecule has 186 valence electrons. The van der Waals surface area contributed by atoms with Crippen LogP contribution in [0.15, 0.2) is 48.5 Å². The van der Waals surface area contributed by atoms with Gasteiger partial charge >= 0.3 is 0 Å². The van der Waals surface area contributed by atoms with Crippen molar-refractivity contribution in [3.05, 3.63) is 65.2 Å². The van der Waals surface area contributed by atoms with Crippen molar-refractivity contribution in [1.29, 1.82) is 0 Å². The number of carbonyl (C=O) groups is 3. The van der Waals surface area contributed by atoms with E-state index in [9.17, 15) is 14.4 Å². The molecule has 2 aromatic rings. The minimum absolute atomic E-state index is 0.129. The second kappa shape index (κ2) is 10.2. The number of fused-ring (bicyclic) bond motifs is 1. The number of carbonyl (C=O) groups excluding carboxylic acids is 3. The molecular formula is C28H35N3O4. The van der Waals surface area contributed by atoms with Crippen LogP contribution >= 0.6 is 0 Å². The number of ether oxygens (including phenoxy) is 1. The Kier molecular flexibility index (Phi) is 7.26. The second-order valence-electron chi connectivity index (χ2n) is 10.1. The molecule has 1 fully saturated rings. The first kappa shape index (κ1) is 24.9. The summed E-state index contributed by atoms with van der Waals surface area (Å²) in [5.74, 6) is -0.596. The first-order chi connectivity index (χ1) is 16.7. The van der Waals surface area contributed by atoms with E-state index in [1.807, 2.05) is 56.1 Å². The molecule has 7 nitrogen and oxygen atoms in total. The van der Waals surface area contributed by atoms with Gasteiger partial charge in [0, 0.05) is 33.8 Å². The molecule has 2 aliphatic heterocycles. The molecule has 0 radical (unpaired) electrons. The molecule has 0 aliphatic carbocycles. The summed E-state index contributed by atoms with van der Waals surface area (Å²) in [5, 5.41) is 0. The zero-order valence-corrected chi connectivity index (χ0v) is 21.1. The third-order valence-electron chi connectivity index (χ3n) is 7.13. The van der Waals surface area contributed by atoms with Gasteiger partial charge in [0.05, 0.1) is 34.9 Å². The number of rotatable bonds is 8. The third-order valence-corrected chi connectivity index (χ3v) is 7.13. The van der Waals surface area contributed by atoms with Crippen LogP contribution in [0.1, 0.15) is 53.0 Å². The van der Waals surface area contributed by atoms with Gasteiger partial charge in [-0.1, -0.05) is 36.4 Å². The molecule has 2 aromatic carbocycles. The van der Waals surface area contributed by atoms with E-state index in [1.54, 1.807) is 13.2 Å². The van der Waals surface area contributed by atoms with E-state index >= 15 is 0 Å². The Morgan fingerprint density at radius 1 is 1.09 bits per heavy atom. The Bertz CT molecular complexity index is 1100. The van der Waals surface area contributed by atoms with Crippen LogP contribution in [0.3, 0.4) is 0 Å². The van der Waals surface area contributed by atoms with Crippen molar-refractivity contribution in [2.24, 2.45) is 5.92 Å². The summed E-state index contributed by atoms with van der Waals surface area (Å²) in [6, 6.07) is 15.6. The molecule has 3 amide bonds. The van der Waals surface area contributed by atoms with Gasteiger partial charge in [-0.05, 0) is 50.8 Å². The fourth-order valence-electron chi connectivity index (χ4n) is 4.93. The Labute approximate surface area is 207 Å². The van der Waals surface area contributed by atoms with Crippen molar-refractivity contribution in [1.82, 2.24) is 9.80 Å². The van der Waals surface area contributed by atoms with Gasteiger partial charge in [0.1, 0.15) is 0 Å². The molecule has 1 saturated heterocycles. The summed E-state index contributed by atoms with van der Waals surface area (Å²) in [4.78, 5) is 44.9. The number of imide groups is 1. The summed E-state index contributed by atoms with van der Waals surface area (Å²) in [7, 11) is 3.44. The number of anilines is 1. The molecular weight excluding hydrogens is 442 g/mol. The van der Waals surface area contributed by atoms with E-state index in [2.05, 4.69) is 17.0 Å². The van der Waals surface area contributed by atoms with Gasteiger partial charge in [-0.15, -0.1) is 0 Å². The van der Waals surface area contributed by atoms with E-state index in [0.717, 1.165) is 31.5 Å². The summed E-state index contributed by atoms with van der Waals surface area (Å²) in [6.07, 6.45) is 2.49. The molecule has 2 heterocycles. The molecule has 7 heteroatoms. The van der Waals surface area contributed by atoms with Crippen LogP contribution in [0.2, 0.25) is 0 Å². The molecule has 0 bridgehead atoms. The first-order valence-electron chi connectivity index (χ1n) is 12.3. The Balaban J connectivity index is 1.48. The number of piperidine rings is 1. The van der Waals surface area contributed by atoms with Gasteiger partial charge < -0.3 is 14.5 Å². The van der Waals surface area contributed by atoms with Gasteiger partial charge in [-0.2, -0.15) is 0 Å². The maximum absolute atomic E-state index is 13.4. The normalized spacial score (nSPS) is 18.1. The highest BCUT2D eigenvalue weighted by atomic mass is 16.5. The lowest BCUT2D eigenvalue weighted by Gasteiger charge is -2.36. The standard InChI is InChI=1S/C28H35N3O4/c1-28(2,35-4)19-31-26(33)22-13-8-14-23(24(22)27(31)34)30-16-9-12-21(18-30)25(32)29(3)17-15-20-10-6-5-7-11-20/h5-8,10-11,13-14,21H,9,12,15-19H2,1-4H3. The number of nitrogens with zero attached hydrogens (tertiary/aromatic N) is 3. The summed E-state index contributed by atoms with van der Waals surface area (Å²) < 4.78 is 5.45. The summed E-state index contributed by atoms with van der Waals surface area (Å²) in [5.41, 5.74) is 2.17. The molecule has 0 aromatic heterocycles. The predicted octanol–water partition coefficient (Wildman–Crippen LogP) is 3.63. The Hall–Kier alpha value is -3.19. The second-order valence-corrected chi connectivity index (χ2v) is 10.1. The van der Waals surface area contributed by atoms with E-state index in [4.69, 9.17) is 4.74 Å². The van der Waals surface area contributed by atoms with Crippen molar-refractivity contribution in [3.63, 3.8) is 0 Å². The van der Waals surface area contributed by atoms with E-state index in [0.29, 0.717) is 24.2 Å². The monoisotopic (exact) mass is 477 g/mol. The van der Waals surface area contributed by atoms with Gasteiger partial charge in [0.15, 0.2) is 0 Å². The van der Waals surface area contributed by atoms with Crippen molar-refractivity contribution in [2.75, 3.05) is 45.2 Å². The molecule has 2 aliphatic rings. The maximum Gasteiger partial charge on any atom is 0.263 e. The summed E-state index contributed by atoms with van der Waals surface area (Å²) >= 11 is 0. The Morgan fingerprint density at radius 2 is 1.83 bits per heavy atom. The topological polar surface area (TPSA) is 70.2 Å². The molecule has 0 spiro atoms. The first-order valence-corrected chi connectivity index (χ1v) is 12.3. The molecule has 0 N–H and O–H groups in total. The van der Waals surface area contributed by atoms with Crippen LogP contribution in [0, 0.1) is 5.92 Å². The lowest BCUT2D eigenvalue weighted by Crippen LogP contribution is -2.45. The molecule has 0 saturated carbocycles. The average molecular weight is 478 g/mol. The highest BCUT2D eigenvalue weighted by Crippen LogP contribution is 2.35. The zero-order valence-electron chi connectivity index (χ0n) is 21.1. The van der Waals surface area contributed by atoms with Gasteiger partial charge in [0.2, 0.25) is 5.91 Å². The Morgan fingerprint density at radius 3 is 2.54 bits per heavy atom. The lowest BCUT2D eigenvalue weighted by molar-refractivity contribution is -0.134. The minimum atomic E-state index is -0.638. The largest absolute Gasteiger partial charge is 0.377 e. The smallest absolute Gasteiger partial charge is 0.263 e. The van der Waals surface area contributed by atoms with Crippen LogP contribution in [0.4, 0.5) is 5.69 Å². The van der Waals surface area contributed by atoms with Crippen molar-refractivity contribution >= 4 is 23.4 Å².